The van der Waals surface area contributed by atoms with E-state index >= 15 is 0 Å². The van der Waals surface area contributed by atoms with Crippen LogP contribution in [0.4, 0.5) is 0 Å². The van der Waals surface area contributed by atoms with Gasteiger partial charge in [0.15, 0.2) is 11.5 Å². The molecule has 0 radical (unpaired) electrons. The molecule has 5 heteroatoms. The normalized spacial score (nSPS) is 35.4. The number of para-hydroxylation sites is 1. The number of benzene rings is 1. The van der Waals surface area contributed by atoms with E-state index in [-0.39, 0.29) is 34.6 Å². The second kappa shape index (κ2) is 6.94. The maximum Gasteiger partial charge on any atom is 0.220 e. The second-order valence-electron chi connectivity index (χ2n) is 9.49. The number of phenols is 1. The largest absolute Gasteiger partial charge is 0.504 e. The van der Waals surface area contributed by atoms with Gasteiger partial charge in [-0.1, -0.05) is 32.9 Å². The molecule has 3 aliphatic rings. The van der Waals surface area contributed by atoms with Crippen LogP contribution in [0.2, 0.25) is 0 Å². The lowest BCUT2D eigenvalue weighted by Gasteiger charge is -2.53. The van der Waals surface area contributed by atoms with Crippen LogP contribution >= 0.6 is 0 Å². The second-order valence-corrected chi connectivity index (χ2v) is 9.49. The first kappa shape index (κ1) is 19.6. The molecule has 5 nitrogen and oxygen atoms in total. The molecule has 28 heavy (non-hydrogen) atoms. The van der Waals surface area contributed by atoms with Crippen molar-refractivity contribution in [1.29, 1.82) is 0 Å². The highest BCUT2D eigenvalue weighted by atomic mass is 16.5. The molecule has 1 aromatic rings. The molecule has 1 spiro atoms. The summed E-state index contributed by atoms with van der Waals surface area (Å²) in [5.41, 5.74) is 0.932. The number of aromatic hydroxyl groups is 1. The molecule has 2 bridgehead atoms. The summed E-state index contributed by atoms with van der Waals surface area (Å²) < 4.78 is 11.6. The molecular formula is C23H33NO4. The van der Waals surface area contributed by atoms with Crippen LogP contribution in [0.15, 0.2) is 18.2 Å². The van der Waals surface area contributed by atoms with Crippen molar-refractivity contribution in [1.82, 2.24) is 5.32 Å². The van der Waals surface area contributed by atoms with E-state index in [1.165, 1.54) is 0 Å². The van der Waals surface area contributed by atoms with E-state index in [1.807, 2.05) is 19.1 Å². The molecule has 154 valence electrons. The highest BCUT2D eigenvalue weighted by Crippen LogP contribution is 2.70. The Balaban J connectivity index is 1.69. The van der Waals surface area contributed by atoms with Gasteiger partial charge in [0.05, 0.1) is 13.2 Å². The van der Waals surface area contributed by atoms with Gasteiger partial charge in [0, 0.05) is 24.6 Å². The number of ether oxygens (including phenoxy) is 2. The summed E-state index contributed by atoms with van der Waals surface area (Å²) in [7, 11) is 1.57. The number of fused-ring (bicyclic) bond motifs is 1. The van der Waals surface area contributed by atoms with Crippen molar-refractivity contribution in [2.45, 2.75) is 65.0 Å². The van der Waals surface area contributed by atoms with Crippen LogP contribution in [0, 0.1) is 22.7 Å². The van der Waals surface area contributed by atoms with Gasteiger partial charge in [0.25, 0.3) is 0 Å². The van der Waals surface area contributed by atoms with Gasteiger partial charge < -0.3 is 19.9 Å². The molecule has 4 rings (SSSR count). The number of nitrogens with one attached hydrogen (secondary N) is 1. The first-order valence-corrected chi connectivity index (χ1v) is 10.6. The van der Waals surface area contributed by atoms with Gasteiger partial charge in [-0.05, 0) is 54.4 Å². The van der Waals surface area contributed by atoms with Crippen LogP contribution in [-0.2, 0) is 9.53 Å². The van der Waals surface area contributed by atoms with Crippen LogP contribution in [0.5, 0.6) is 11.5 Å². The predicted molar refractivity (Wildman–Crippen MR) is 107 cm³/mol. The number of carbonyl (C=O) groups is 1. The molecular weight excluding hydrogens is 354 g/mol. The van der Waals surface area contributed by atoms with Crippen molar-refractivity contribution in [3.05, 3.63) is 23.8 Å². The SMILES string of the molecule is CCCC(=O)N[C@H]1C(C)(C)[C@@H]2C[C@@H]3[C@@H](c4cccc(OC)c4O)OCC[C@@]31C2. The number of carbonyl (C=O) groups excluding carboxylic acids is 1. The predicted octanol–water partition coefficient (Wildman–Crippen LogP) is 4.20. The lowest BCUT2D eigenvalue weighted by Crippen LogP contribution is -2.58. The van der Waals surface area contributed by atoms with Gasteiger partial charge in [-0.3, -0.25) is 4.79 Å². The lowest BCUT2D eigenvalue weighted by atomic mass is 9.58. The lowest BCUT2D eigenvalue weighted by molar-refractivity contribution is -0.137. The van der Waals surface area contributed by atoms with E-state index in [0.29, 0.717) is 30.6 Å². The summed E-state index contributed by atoms with van der Waals surface area (Å²) in [6.45, 7) is 7.32. The molecule has 1 aliphatic heterocycles. The fourth-order valence-electron chi connectivity index (χ4n) is 6.49. The number of phenolic OH excluding ortho intramolecular Hbond substituents is 1. The highest BCUT2D eigenvalue weighted by Gasteiger charge is 2.68. The van der Waals surface area contributed by atoms with Crippen molar-refractivity contribution >= 4 is 5.91 Å². The molecule has 1 saturated heterocycles. The van der Waals surface area contributed by atoms with E-state index in [1.54, 1.807) is 13.2 Å². The van der Waals surface area contributed by atoms with Crippen molar-refractivity contribution in [3.8, 4) is 11.5 Å². The maximum atomic E-state index is 12.5. The summed E-state index contributed by atoms with van der Waals surface area (Å²) in [4.78, 5) is 12.5. The van der Waals surface area contributed by atoms with Crippen LogP contribution < -0.4 is 10.1 Å². The van der Waals surface area contributed by atoms with Crippen molar-refractivity contribution in [2.24, 2.45) is 22.7 Å². The summed E-state index contributed by atoms with van der Waals surface area (Å²) in [5, 5.41) is 14.2. The number of hydrogen-bond donors (Lipinski definition) is 2. The Morgan fingerprint density at radius 3 is 2.89 bits per heavy atom. The van der Waals surface area contributed by atoms with Crippen LogP contribution in [0.25, 0.3) is 0 Å². The monoisotopic (exact) mass is 387 g/mol. The van der Waals surface area contributed by atoms with Crippen LogP contribution in [-0.4, -0.2) is 30.8 Å². The molecule has 1 heterocycles. The van der Waals surface area contributed by atoms with E-state index < -0.39 is 0 Å². The third kappa shape index (κ3) is 2.73. The first-order valence-electron chi connectivity index (χ1n) is 10.6. The van der Waals surface area contributed by atoms with Gasteiger partial charge >= 0.3 is 0 Å². The van der Waals surface area contributed by atoms with E-state index in [4.69, 9.17) is 9.47 Å². The molecule has 3 fully saturated rings. The van der Waals surface area contributed by atoms with E-state index in [0.717, 1.165) is 31.2 Å². The number of amides is 1. The van der Waals surface area contributed by atoms with Gasteiger partial charge in [0.1, 0.15) is 0 Å². The third-order valence-corrected chi connectivity index (χ3v) is 7.84. The fourth-order valence-corrected chi connectivity index (χ4v) is 6.49. The average molecular weight is 388 g/mol. The molecule has 1 amide bonds. The van der Waals surface area contributed by atoms with Crippen LogP contribution in [0.1, 0.15) is 64.5 Å². The molecule has 2 saturated carbocycles. The smallest absolute Gasteiger partial charge is 0.220 e. The minimum Gasteiger partial charge on any atom is -0.504 e. The van der Waals surface area contributed by atoms with Crippen LogP contribution in [0.3, 0.4) is 0 Å². The fraction of sp³-hybridized carbons (Fsp3) is 0.696. The zero-order valence-corrected chi connectivity index (χ0v) is 17.5. The third-order valence-electron chi connectivity index (χ3n) is 7.84. The minimum absolute atomic E-state index is 0.0377. The summed E-state index contributed by atoms with van der Waals surface area (Å²) >= 11 is 0. The molecule has 2 aliphatic carbocycles. The Kier molecular flexibility index (Phi) is 4.85. The quantitative estimate of drug-likeness (QED) is 0.795. The summed E-state index contributed by atoms with van der Waals surface area (Å²) in [5.74, 6) is 1.68. The van der Waals surface area contributed by atoms with Gasteiger partial charge in [-0.2, -0.15) is 0 Å². The average Bonchev–Trinajstić information content (AvgIpc) is 3.15. The Morgan fingerprint density at radius 1 is 1.39 bits per heavy atom. The van der Waals surface area contributed by atoms with Crippen molar-refractivity contribution in [2.75, 3.05) is 13.7 Å². The summed E-state index contributed by atoms with van der Waals surface area (Å²) in [6.07, 6.45) is 4.46. The highest BCUT2D eigenvalue weighted by molar-refractivity contribution is 5.76. The van der Waals surface area contributed by atoms with Gasteiger partial charge in [-0.25, -0.2) is 0 Å². The Bertz CT molecular complexity index is 761. The topological polar surface area (TPSA) is 67.8 Å². The maximum absolute atomic E-state index is 12.5. The molecule has 2 N–H and O–H groups in total. The standard InChI is InChI=1S/C23H33NO4/c1-5-7-18(25)24-21-22(2,3)14-12-16-20(28-11-10-23(16,21)13-14)15-8-6-9-17(27-4)19(15)26/h6,8-9,14,16,20-21,26H,5,7,10-13H2,1-4H3,(H,24,25)/t14-,16-,20-,21+,23-/m1/s1. The van der Waals surface area contributed by atoms with Crippen molar-refractivity contribution < 1.29 is 19.4 Å². The molecule has 1 aromatic carbocycles. The Morgan fingerprint density at radius 2 is 2.18 bits per heavy atom. The number of rotatable bonds is 5. The zero-order valence-electron chi connectivity index (χ0n) is 17.5. The Hall–Kier alpha value is -1.75. The minimum atomic E-state index is -0.157. The van der Waals surface area contributed by atoms with Gasteiger partial charge in [-0.15, -0.1) is 0 Å². The molecule has 0 aromatic heterocycles. The first-order chi connectivity index (χ1) is 13.3. The Labute approximate surface area is 167 Å². The summed E-state index contributed by atoms with van der Waals surface area (Å²) in [6, 6.07) is 5.79. The van der Waals surface area contributed by atoms with Crippen molar-refractivity contribution in [3.63, 3.8) is 0 Å². The number of methoxy groups -OCH3 is 1. The zero-order chi connectivity index (χ0) is 20.1. The van der Waals surface area contributed by atoms with E-state index in [9.17, 15) is 9.90 Å². The van der Waals surface area contributed by atoms with Gasteiger partial charge in [0.2, 0.25) is 5.91 Å². The van der Waals surface area contributed by atoms with E-state index in [2.05, 4.69) is 19.2 Å². The number of hydrogen-bond acceptors (Lipinski definition) is 4. The molecule has 5 atom stereocenters. The molecule has 0 unspecified atom stereocenters.